The first kappa shape index (κ1) is 12.2. The molecule has 0 amide bonds. The first-order chi connectivity index (χ1) is 8.33. The minimum absolute atomic E-state index is 0.223. The minimum atomic E-state index is 0.223. The Morgan fingerprint density at radius 3 is 2.71 bits per heavy atom. The quantitative estimate of drug-likeness (QED) is 0.866. The summed E-state index contributed by atoms with van der Waals surface area (Å²) in [6, 6.07) is 5.82. The minimum Gasteiger partial charge on any atom is -0.493 e. The lowest BCUT2D eigenvalue weighted by molar-refractivity contribution is 0.0245. The van der Waals surface area contributed by atoms with Crippen LogP contribution in [0.4, 0.5) is 0 Å². The normalized spacial score (nSPS) is 16.8. The van der Waals surface area contributed by atoms with Gasteiger partial charge in [0.1, 0.15) is 6.10 Å². The van der Waals surface area contributed by atoms with Crippen molar-refractivity contribution >= 4 is 0 Å². The van der Waals surface area contributed by atoms with Crippen LogP contribution >= 0.6 is 0 Å². The molecule has 0 unspecified atom stereocenters. The Kier molecular flexibility index (Phi) is 4.23. The summed E-state index contributed by atoms with van der Waals surface area (Å²) in [5, 5.41) is 0. The third kappa shape index (κ3) is 3.11. The standard InChI is InChI=1S/C13H19NO3/c1-15-13-8-10(9-14)2-3-12(13)17-11-4-6-16-7-5-11/h2-3,8,11H,4-7,9,14H2,1H3. The molecular weight excluding hydrogens is 218 g/mol. The first-order valence-corrected chi connectivity index (χ1v) is 5.95. The fraction of sp³-hybridized carbons (Fsp3) is 0.538. The van der Waals surface area contributed by atoms with Crippen LogP contribution in [-0.4, -0.2) is 26.4 Å². The molecular formula is C13H19NO3. The number of nitrogens with two attached hydrogens (primary N) is 1. The highest BCUT2D eigenvalue weighted by atomic mass is 16.5. The zero-order valence-corrected chi connectivity index (χ0v) is 10.1. The van der Waals surface area contributed by atoms with Crippen molar-refractivity contribution in [2.75, 3.05) is 20.3 Å². The Balaban J connectivity index is 2.08. The maximum Gasteiger partial charge on any atom is 0.161 e. The van der Waals surface area contributed by atoms with Crippen molar-refractivity contribution in [2.45, 2.75) is 25.5 Å². The van der Waals surface area contributed by atoms with Crippen LogP contribution < -0.4 is 15.2 Å². The average molecular weight is 237 g/mol. The van der Waals surface area contributed by atoms with Gasteiger partial charge in [0.15, 0.2) is 11.5 Å². The van der Waals surface area contributed by atoms with Crippen LogP contribution in [0.25, 0.3) is 0 Å². The van der Waals surface area contributed by atoms with Gasteiger partial charge in [-0.2, -0.15) is 0 Å². The van der Waals surface area contributed by atoms with Gasteiger partial charge in [0.05, 0.1) is 20.3 Å². The highest BCUT2D eigenvalue weighted by molar-refractivity contribution is 5.43. The maximum absolute atomic E-state index is 5.93. The fourth-order valence-corrected chi connectivity index (χ4v) is 1.91. The molecule has 0 saturated carbocycles. The van der Waals surface area contributed by atoms with Gasteiger partial charge in [0.25, 0.3) is 0 Å². The van der Waals surface area contributed by atoms with E-state index in [-0.39, 0.29) is 6.10 Å². The topological polar surface area (TPSA) is 53.7 Å². The van der Waals surface area contributed by atoms with E-state index in [1.165, 1.54) is 0 Å². The van der Waals surface area contributed by atoms with Crippen molar-refractivity contribution in [3.63, 3.8) is 0 Å². The molecule has 2 rings (SSSR count). The molecule has 1 heterocycles. The molecule has 1 aromatic carbocycles. The second-order valence-corrected chi connectivity index (χ2v) is 4.12. The van der Waals surface area contributed by atoms with Gasteiger partial charge in [-0.05, 0) is 17.7 Å². The van der Waals surface area contributed by atoms with Crippen molar-refractivity contribution in [2.24, 2.45) is 5.73 Å². The number of hydrogen-bond acceptors (Lipinski definition) is 4. The van der Waals surface area contributed by atoms with Crippen LogP contribution in [0.5, 0.6) is 11.5 Å². The maximum atomic E-state index is 5.93. The van der Waals surface area contributed by atoms with Gasteiger partial charge >= 0.3 is 0 Å². The monoisotopic (exact) mass is 237 g/mol. The number of benzene rings is 1. The van der Waals surface area contributed by atoms with Crippen LogP contribution in [0.3, 0.4) is 0 Å². The van der Waals surface area contributed by atoms with Crippen LogP contribution in [0.2, 0.25) is 0 Å². The summed E-state index contributed by atoms with van der Waals surface area (Å²) in [6.07, 6.45) is 2.09. The first-order valence-electron chi connectivity index (χ1n) is 5.95. The van der Waals surface area contributed by atoms with Crippen molar-refractivity contribution in [1.29, 1.82) is 0 Å². The Labute approximate surface area is 102 Å². The molecule has 1 saturated heterocycles. The SMILES string of the molecule is COc1cc(CN)ccc1OC1CCOCC1. The Bertz CT molecular complexity index is 362. The molecule has 4 heteroatoms. The van der Waals surface area contributed by atoms with Gasteiger partial charge in [-0.3, -0.25) is 0 Å². The summed E-state index contributed by atoms with van der Waals surface area (Å²) in [5.74, 6) is 1.54. The number of ether oxygens (including phenoxy) is 3. The molecule has 4 nitrogen and oxygen atoms in total. The lowest BCUT2D eigenvalue weighted by atomic mass is 10.1. The number of hydrogen-bond donors (Lipinski definition) is 1. The summed E-state index contributed by atoms with van der Waals surface area (Å²) >= 11 is 0. The molecule has 1 aromatic rings. The molecule has 17 heavy (non-hydrogen) atoms. The van der Waals surface area contributed by atoms with Gasteiger partial charge in [0, 0.05) is 19.4 Å². The molecule has 0 radical (unpaired) electrons. The van der Waals surface area contributed by atoms with E-state index in [0.717, 1.165) is 43.1 Å². The molecule has 1 fully saturated rings. The van der Waals surface area contributed by atoms with E-state index >= 15 is 0 Å². The fourth-order valence-electron chi connectivity index (χ4n) is 1.91. The number of rotatable bonds is 4. The molecule has 1 aliphatic rings. The highest BCUT2D eigenvalue weighted by Gasteiger charge is 2.17. The molecule has 0 aliphatic carbocycles. The van der Waals surface area contributed by atoms with Crippen molar-refractivity contribution < 1.29 is 14.2 Å². The number of methoxy groups -OCH3 is 1. The zero-order chi connectivity index (χ0) is 12.1. The Morgan fingerprint density at radius 2 is 2.06 bits per heavy atom. The Morgan fingerprint density at radius 1 is 1.29 bits per heavy atom. The summed E-state index contributed by atoms with van der Waals surface area (Å²) in [4.78, 5) is 0. The van der Waals surface area contributed by atoms with Crippen LogP contribution in [0.15, 0.2) is 18.2 Å². The summed E-state index contributed by atoms with van der Waals surface area (Å²) in [6.45, 7) is 2.05. The third-order valence-corrected chi connectivity index (χ3v) is 2.93. The molecule has 1 aliphatic heterocycles. The van der Waals surface area contributed by atoms with E-state index < -0.39 is 0 Å². The van der Waals surface area contributed by atoms with Crippen LogP contribution in [-0.2, 0) is 11.3 Å². The summed E-state index contributed by atoms with van der Waals surface area (Å²) in [7, 11) is 1.65. The second kappa shape index (κ2) is 5.89. The van der Waals surface area contributed by atoms with E-state index in [4.69, 9.17) is 19.9 Å². The van der Waals surface area contributed by atoms with Crippen LogP contribution in [0.1, 0.15) is 18.4 Å². The molecule has 2 N–H and O–H groups in total. The largest absolute Gasteiger partial charge is 0.493 e. The average Bonchev–Trinajstić information content (AvgIpc) is 2.40. The third-order valence-electron chi connectivity index (χ3n) is 2.93. The summed E-state index contributed by atoms with van der Waals surface area (Å²) in [5.41, 5.74) is 6.64. The van der Waals surface area contributed by atoms with Crippen molar-refractivity contribution in [3.05, 3.63) is 23.8 Å². The van der Waals surface area contributed by atoms with Crippen LogP contribution in [0, 0.1) is 0 Å². The van der Waals surface area contributed by atoms with E-state index in [1.807, 2.05) is 18.2 Å². The predicted molar refractivity (Wildman–Crippen MR) is 65.4 cm³/mol. The summed E-state index contributed by atoms with van der Waals surface area (Å²) < 4.78 is 16.6. The molecule has 0 atom stereocenters. The second-order valence-electron chi connectivity index (χ2n) is 4.12. The van der Waals surface area contributed by atoms with Gasteiger partial charge < -0.3 is 19.9 Å². The molecule has 0 aromatic heterocycles. The highest BCUT2D eigenvalue weighted by Crippen LogP contribution is 2.30. The molecule has 0 spiro atoms. The van der Waals surface area contributed by atoms with Gasteiger partial charge in [-0.15, -0.1) is 0 Å². The van der Waals surface area contributed by atoms with Gasteiger partial charge in [-0.1, -0.05) is 6.07 Å². The van der Waals surface area contributed by atoms with E-state index in [9.17, 15) is 0 Å². The molecule has 94 valence electrons. The smallest absolute Gasteiger partial charge is 0.161 e. The van der Waals surface area contributed by atoms with E-state index in [0.29, 0.717) is 6.54 Å². The Hall–Kier alpha value is -1.26. The molecule has 0 bridgehead atoms. The van der Waals surface area contributed by atoms with E-state index in [2.05, 4.69) is 0 Å². The predicted octanol–water partition coefficient (Wildman–Crippen LogP) is 1.71. The lowest BCUT2D eigenvalue weighted by Gasteiger charge is -2.24. The van der Waals surface area contributed by atoms with Gasteiger partial charge in [-0.25, -0.2) is 0 Å². The van der Waals surface area contributed by atoms with Crippen molar-refractivity contribution in [3.8, 4) is 11.5 Å². The lowest BCUT2D eigenvalue weighted by Crippen LogP contribution is -2.26. The zero-order valence-electron chi connectivity index (χ0n) is 10.1. The van der Waals surface area contributed by atoms with Gasteiger partial charge in [0.2, 0.25) is 0 Å². The van der Waals surface area contributed by atoms with Crippen molar-refractivity contribution in [1.82, 2.24) is 0 Å². The van der Waals surface area contributed by atoms with E-state index in [1.54, 1.807) is 7.11 Å².